The van der Waals surface area contributed by atoms with Gasteiger partial charge in [0.15, 0.2) is 0 Å². The summed E-state index contributed by atoms with van der Waals surface area (Å²) in [4.78, 5) is 0. The second-order valence-electron chi connectivity index (χ2n) is 5.50. The van der Waals surface area contributed by atoms with Gasteiger partial charge in [0.2, 0.25) is 0 Å². The van der Waals surface area contributed by atoms with Crippen LogP contribution in [0.25, 0.3) is 0 Å². The molecule has 2 nitrogen and oxygen atoms in total. The van der Waals surface area contributed by atoms with Crippen molar-refractivity contribution in [2.24, 2.45) is 5.84 Å². The molecule has 0 atom stereocenters. The van der Waals surface area contributed by atoms with Crippen molar-refractivity contribution < 1.29 is 0 Å². The van der Waals surface area contributed by atoms with Crippen LogP contribution in [0.1, 0.15) is 63.9 Å². The quantitative estimate of drug-likeness (QED) is 0.372. The van der Waals surface area contributed by atoms with E-state index in [9.17, 15) is 0 Å². The maximum Gasteiger partial charge on any atom is 0.0517 e. The Morgan fingerprint density at radius 3 is 1.95 bits per heavy atom. The molecule has 1 aromatic carbocycles. The molecule has 19 heavy (non-hydrogen) atoms. The average Bonchev–Trinajstić information content (AvgIpc) is 2.42. The fourth-order valence-electron chi connectivity index (χ4n) is 2.28. The number of hydrogen-bond donors (Lipinski definition) is 1. The highest BCUT2D eigenvalue weighted by Gasteiger charge is 2.00. The summed E-state index contributed by atoms with van der Waals surface area (Å²) < 4.78 is 0. The van der Waals surface area contributed by atoms with Gasteiger partial charge in [0.05, 0.1) is 5.69 Å². The van der Waals surface area contributed by atoms with Gasteiger partial charge in [-0.15, -0.1) is 0 Å². The molecule has 0 saturated heterocycles. The Bertz CT molecular complexity index is 319. The zero-order chi connectivity index (χ0) is 13.9. The number of aryl methyl sites for hydroxylation is 1. The molecule has 1 aromatic rings. The van der Waals surface area contributed by atoms with E-state index in [4.69, 9.17) is 5.84 Å². The number of hydrogen-bond acceptors (Lipinski definition) is 2. The van der Waals surface area contributed by atoms with Crippen LogP contribution in [-0.2, 0) is 0 Å². The molecule has 0 aromatic heterocycles. The van der Waals surface area contributed by atoms with Gasteiger partial charge >= 0.3 is 0 Å². The minimum Gasteiger partial charge on any atom is -0.311 e. The lowest BCUT2D eigenvalue weighted by molar-refractivity contribution is 0.572. The van der Waals surface area contributed by atoms with E-state index in [2.05, 4.69) is 38.1 Å². The van der Waals surface area contributed by atoms with Crippen molar-refractivity contribution in [3.8, 4) is 0 Å². The lowest BCUT2D eigenvalue weighted by Gasteiger charge is -2.18. The van der Waals surface area contributed by atoms with E-state index in [1.54, 1.807) is 0 Å². The van der Waals surface area contributed by atoms with Crippen molar-refractivity contribution in [2.45, 2.75) is 65.2 Å². The van der Waals surface area contributed by atoms with Crippen LogP contribution in [0.2, 0.25) is 0 Å². The third kappa shape index (κ3) is 7.22. The molecule has 0 spiro atoms. The number of hydrazine groups is 1. The number of nitrogens with zero attached hydrogens (tertiary/aromatic N) is 1. The predicted octanol–water partition coefficient (Wildman–Crippen LogP) is 4.82. The Morgan fingerprint density at radius 2 is 1.37 bits per heavy atom. The first kappa shape index (κ1) is 16.0. The van der Waals surface area contributed by atoms with Crippen molar-refractivity contribution in [3.05, 3.63) is 29.8 Å². The smallest absolute Gasteiger partial charge is 0.0517 e. The molecule has 0 radical (unpaired) electrons. The van der Waals surface area contributed by atoms with Gasteiger partial charge in [0.1, 0.15) is 0 Å². The highest BCUT2D eigenvalue weighted by atomic mass is 15.4. The van der Waals surface area contributed by atoms with Gasteiger partial charge in [-0.3, -0.25) is 0 Å². The molecule has 0 aliphatic rings. The van der Waals surface area contributed by atoms with Gasteiger partial charge in [-0.2, -0.15) is 0 Å². The number of nitrogens with two attached hydrogens (primary N) is 1. The molecule has 0 saturated carbocycles. The predicted molar refractivity (Wildman–Crippen MR) is 85.3 cm³/mol. The topological polar surface area (TPSA) is 29.3 Å². The first-order valence-electron chi connectivity index (χ1n) is 7.83. The largest absolute Gasteiger partial charge is 0.311 e. The molecule has 2 heteroatoms. The Balaban J connectivity index is 2.04. The first-order valence-corrected chi connectivity index (χ1v) is 7.83. The van der Waals surface area contributed by atoms with Crippen molar-refractivity contribution >= 4 is 5.69 Å². The van der Waals surface area contributed by atoms with Crippen molar-refractivity contribution in [3.63, 3.8) is 0 Å². The molecular weight excluding hydrogens is 232 g/mol. The van der Waals surface area contributed by atoms with Crippen LogP contribution >= 0.6 is 0 Å². The number of unbranched alkanes of at least 4 members (excludes halogenated alkanes) is 7. The number of benzene rings is 1. The Kier molecular flexibility index (Phi) is 8.31. The van der Waals surface area contributed by atoms with E-state index < -0.39 is 0 Å². The minimum atomic E-state index is 0.956. The third-order valence-electron chi connectivity index (χ3n) is 3.62. The van der Waals surface area contributed by atoms with Gasteiger partial charge in [-0.1, -0.05) is 69.6 Å². The van der Waals surface area contributed by atoms with Crippen LogP contribution in [0.15, 0.2) is 24.3 Å². The maximum absolute atomic E-state index is 6.06. The highest BCUT2D eigenvalue weighted by Crippen LogP contribution is 2.13. The zero-order valence-electron chi connectivity index (χ0n) is 12.7. The lowest BCUT2D eigenvalue weighted by atomic mass is 10.1. The van der Waals surface area contributed by atoms with Crippen LogP contribution in [0.5, 0.6) is 0 Å². The SMILES string of the molecule is CCCCCCCCCCN(N)c1ccc(C)cc1. The molecule has 0 amide bonds. The van der Waals surface area contributed by atoms with Crippen molar-refractivity contribution in [2.75, 3.05) is 11.6 Å². The van der Waals surface area contributed by atoms with E-state index in [0.717, 1.165) is 12.2 Å². The summed E-state index contributed by atoms with van der Waals surface area (Å²) in [5, 5.41) is 1.87. The van der Waals surface area contributed by atoms with Gasteiger partial charge < -0.3 is 5.01 Å². The number of rotatable bonds is 10. The normalized spacial score (nSPS) is 10.7. The first-order chi connectivity index (χ1) is 9.24. The van der Waals surface area contributed by atoms with Crippen LogP contribution in [0.4, 0.5) is 5.69 Å². The molecule has 0 fully saturated rings. The summed E-state index contributed by atoms with van der Waals surface area (Å²) >= 11 is 0. The molecular formula is C17H30N2. The Morgan fingerprint density at radius 1 is 0.842 bits per heavy atom. The lowest BCUT2D eigenvalue weighted by Crippen LogP contribution is -2.31. The molecule has 1 rings (SSSR count). The third-order valence-corrected chi connectivity index (χ3v) is 3.62. The van der Waals surface area contributed by atoms with Crippen molar-refractivity contribution in [1.82, 2.24) is 0 Å². The van der Waals surface area contributed by atoms with E-state index in [1.807, 2.05) is 5.01 Å². The van der Waals surface area contributed by atoms with Crippen molar-refractivity contribution in [1.29, 1.82) is 0 Å². The summed E-state index contributed by atoms with van der Waals surface area (Å²) in [5.74, 6) is 6.06. The average molecular weight is 262 g/mol. The Labute approximate surface area is 119 Å². The molecule has 0 aliphatic carbocycles. The zero-order valence-corrected chi connectivity index (χ0v) is 12.7. The summed E-state index contributed by atoms with van der Waals surface area (Å²) in [6, 6.07) is 8.42. The van der Waals surface area contributed by atoms with E-state index >= 15 is 0 Å². The molecule has 0 aliphatic heterocycles. The maximum atomic E-state index is 6.06. The van der Waals surface area contributed by atoms with Gasteiger partial charge in [0.25, 0.3) is 0 Å². The molecule has 2 N–H and O–H groups in total. The van der Waals surface area contributed by atoms with Crippen LogP contribution in [0.3, 0.4) is 0 Å². The Hall–Kier alpha value is -1.02. The summed E-state index contributed by atoms with van der Waals surface area (Å²) in [5.41, 5.74) is 2.40. The second kappa shape index (κ2) is 9.85. The molecule has 0 unspecified atom stereocenters. The van der Waals surface area contributed by atoms with Gasteiger partial charge in [-0.25, -0.2) is 5.84 Å². The van der Waals surface area contributed by atoms with Crippen LogP contribution in [0, 0.1) is 6.92 Å². The summed E-state index contributed by atoms with van der Waals surface area (Å²) in [7, 11) is 0. The number of anilines is 1. The molecule has 0 heterocycles. The second-order valence-corrected chi connectivity index (χ2v) is 5.50. The molecule has 108 valence electrons. The fourth-order valence-corrected chi connectivity index (χ4v) is 2.28. The molecule has 0 bridgehead atoms. The van der Waals surface area contributed by atoms with Gasteiger partial charge in [0, 0.05) is 6.54 Å². The standard InChI is InChI=1S/C17H30N2/c1-3-4-5-6-7-8-9-10-15-19(18)17-13-11-16(2)12-14-17/h11-14H,3-10,15,18H2,1-2H3. The van der Waals surface area contributed by atoms with E-state index in [0.29, 0.717) is 0 Å². The minimum absolute atomic E-state index is 0.956. The van der Waals surface area contributed by atoms with E-state index in [1.165, 1.54) is 56.9 Å². The summed E-state index contributed by atoms with van der Waals surface area (Å²) in [6.07, 6.45) is 10.8. The summed E-state index contributed by atoms with van der Waals surface area (Å²) in [6.45, 7) is 5.32. The fraction of sp³-hybridized carbons (Fsp3) is 0.647. The van der Waals surface area contributed by atoms with Crippen LogP contribution in [-0.4, -0.2) is 6.54 Å². The van der Waals surface area contributed by atoms with Crippen LogP contribution < -0.4 is 10.9 Å². The van der Waals surface area contributed by atoms with E-state index in [-0.39, 0.29) is 0 Å². The van der Waals surface area contributed by atoms with Gasteiger partial charge in [-0.05, 0) is 25.5 Å². The highest BCUT2D eigenvalue weighted by molar-refractivity contribution is 5.45. The monoisotopic (exact) mass is 262 g/mol.